The maximum Gasteiger partial charge on any atom is 0.254 e. The largest absolute Gasteiger partial charge is 0.337 e. The Morgan fingerprint density at radius 1 is 1.37 bits per heavy atom. The van der Waals surface area contributed by atoms with Crippen LogP contribution in [-0.4, -0.2) is 45.4 Å². The van der Waals surface area contributed by atoms with Gasteiger partial charge >= 0.3 is 0 Å². The molecular formula is C20H27N5O2. The van der Waals surface area contributed by atoms with E-state index in [4.69, 9.17) is 5.73 Å². The molecule has 2 amide bonds. The lowest BCUT2D eigenvalue weighted by Crippen LogP contribution is -2.49. The molecule has 2 heterocycles. The summed E-state index contributed by atoms with van der Waals surface area (Å²) < 4.78 is 1.85. The number of nitrogens with two attached hydrogens (primary N) is 1. The van der Waals surface area contributed by atoms with Gasteiger partial charge in [0.25, 0.3) is 5.91 Å². The van der Waals surface area contributed by atoms with Gasteiger partial charge in [0.1, 0.15) is 0 Å². The smallest absolute Gasteiger partial charge is 0.254 e. The highest BCUT2D eigenvalue weighted by molar-refractivity contribution is 5.97. The number of piperidine rings is 1. The number of benzene rings is 1. The second kappa shape index (κ2) is 8.81. The summed E-state index contributed by atoms with van der Waals surface area (Å²) in [6.07, 6.45) is 7.45. The fraction of sp³-hybridized carbons (Fsp3) is 0.450. The summed E-state index contributed by atoms with van der Waals surface area (Å²) >= 11 is 0. The van der Waals surface area contributed by atoms with Crippen LogP contribution in [0.2, 0.25) is 0 Å². The van der Waals surface area contributed by atoms with Crippen LogP contribution in [-0.2, 0) is 11.3 Å². The first kappa shape index (κ1) is 19.1. The number of carbonyl (C=O) groups is 2. The van der Waals surface area contributed by atoms with Crippen molar-refractivity contribution in [2.24, 2.45) is 11.7 Å². The highest BCUT2D eigenvalue weighted by Gasteiger charge is 2.29. The van der Waals surface area contributed by atoms with E-state index >= 15 is 0 Å². The third kappa shape index (κ3) is 4.95. The van der Waals surface area contributed by atoms with E-state index in [2.05, 4.69) is 17.2 Å². The molecule has 3 rings (SSSR count). The summed E-state index contributed by atoms with van der Waals surface area (Å²) in [6, 6.07) is 7.19. The summed E-state index contributed by atoms with van der Waals surface area (Å²) in [7, 11) is 0. The fourth-order valence-corrected chi connectivity index (χ4v) is 3.51. The number of imidazole rings is 1. The molecule has 2 aromatic rings. The zero-order chi connectivity index (χ0) is 19.2. The van der Waals surface area contributed by atoms with Gasteiger partial charge < -0.3 is 20.5 Å². The molecule has 3 N–H and O–H groups in total. The summed E-state index contributed by atoms with van der Waals surface area (Å²) in [5, 5.41) is 2.87. The quantitative estimate of drug-likeness (QED) is 0.815. The number of hydrogen-bond donors (Lipinski definition) is 2. The van der Waals surface area contributed by atoms with Gasteiger partial charge in [0, 0.05) is 55.7 Å². The fourth-order valence-electron chi connectivity index (χ4n) is 3.51. The van der Waals surface area contributed by atoms with Gasteiger partial charge in [-0.15, -0.1) is 0 Å². The van der Waals surface area contributed by atoms with Crippen molar-refractivity contribution in [1.82, 2.24) is 14.5 Å². The molecule has 1 fully saturated rings. The molecule has 0 saturated carbocycles. The van der Waals surface area contributed by atoms with Crippen LogP contribution in [0.3, 0.4) is 0 Å². The SMILES string of the molecule is CC1CCN(C(=O)c2cccc(NC(=O)CCn3ccnc3)c2)C(CN)C1. The maximum atomic E-state index is 12.9. The number of nitrogens with one attached hydrogen (secondary N) is 1. The molecule has 0 aliphatic carbocycles. The van der Waals surface area contributed by atoms with E-state index in [1.807, 2.05) is 15.7 Å². The van der Waals surface area contributed by atoms with E-state index in [0.717, 1.165) is 19.4 Å². The van der Waals surface area contributed by atoms with Gasteiger partial charge in [0.2, 0.25) is 5.91 Å². The van der Waals surface area contributed by atoms with E-state index < -0.39 is 0 Å². The van der Waals surface area contributed by atoms with Gasteiger partial charge in [-0.2, -0.15) is 0 Å². The first-order valence-electron chi connectivity index (χ1n) is 9.43. The zero-order valence-corrected chi connectivity index (χ0v) is 15.7. The number of nitrogens with zero attached hydrogens (tertiary/aromatic N) is 3. The second-order valence-electron chi connectivity index (χ2n) is 7.20. The van der Waals surface area contributed by atoms with E-state index in [0.29, 0.717) is 36.7 Å². The van der Waals surface area contributed by atoms with E-state index in [9.17, 15) is 9.59 Å². The number of hydrogen-bond acceptors (Lipinski definition) is 4. The molecule has 1 aliphatic heterocycles. The van der Waals surface area contributed by atoms with Crippen LogP contribution in [0.1, 0.15) is 36.5 Å². The highest BCUT2D eigenvalue weighted by atomic mass is 16.2. The first-order valence-corrected chi connectivity index (χ1v) is 9.43. The Bertz CT molecular complexity index is 774. The number of likely N-dealkylation sites (tertiary alicyclic amines) is 1. The number of rotatable bonds is 6. The standard InChI is InChI=1S/C20H27N5O2/c1-15-5-9-25(18(11-15)13-21)20(27)16-3-2-4-17(12-16)23-19(26)6-8-24-10-7-22-14-24/h2-4,7,10,12,14-15,18H,5-6,8-9,11,13,21H2,1H3,(H,23,26). The average molecular weight is 369 g/mol. The van der Waals surface area contributed by atoms with Crippen molar-refractivity contribution in [3.05, 3.63) is 48.5 Å². The lowest BCUT2D eigenvalue weighted by molar-refractivity contribution is -0.116. The van der Waals surface area contributed by atoms with Crippen LogP contribution >= 0.6 is 0 Å². The van der Waals surface area contributed by atoms with Crippen molar-refractivity contribution < 1.29 is 9.59 Å². The van der Waals surface area contributed by atoms with Crippen molar-refractivity contribution in [3.63, 3.8) is 0 Å². The molecule has 1 saturated heterocycles. The number of carbonyl (C=O) groups excluding carboxylic acids is 2. The van der Waals surface area contributed by atoms with Gasteiger partial charge in [0.15, 0.2) is 0 Å². The number of aromatic nitrogens is 2. The summed E-state index contributed by atoms with van der Waals surface area (Å²) in [5.41, 5.74) is 7.09. The second-order valence-corrected chi connectivity index (χ2v) is 7.20. The molecule has 1 aromatic heterocycles. The van der Waals surface area contributed by atoms with Crippen molar-refractivity contribution >= 4 is 17.5 Å². The minimum absolute atomic E-state index is 0.0214. The molecule has 0 radical (unpaired) electrons. The summed E-state index contributed by atoms with van der Waals surface area (Å²) in [5.74, 6) is 0.468. The lowest BCUT2D eigenvalue weighted by atomic mass is 9.92. The predicted molar refractivity (Wildman–Crippen MR) is 104 cm³/mol. The molecule has 7 nitrogen and oxygen atoms in total. The van der Waals surface area contributed by atoms with Crippen LogP contribution in [0.5, 0.6) is 0 Å². The van der Waals surface area contributed by atoms with Gasteiger partial charge in [0.05, 0.1) is 6.33 Å². The van der Waals surface area contributed by atoms with Crippen LogP contribution in [0, 0.1) is 5.92 Å². The van der Waals surface area contributed by atoms with Crippen LogP contribution in [0.25, 0.3) is 0 Å². The van der Waals surface area contributed by atoms with Crippen molar-refractivity contribution in [1.29, 1.82) is 0 Å². The number of amides is 2. The molecule has 0 spiro atoms. The molecule has 1 aromatic carbocycles. The van der Waals surface area contributed by atoms with Crippen LogP contribution in [0.15, 0.2) is 43.0 Å². The number of anilines is 1. The molecule has 1 aliphatic rings. The van der Waals surface area contributed by atoms with Crippen LogP contribution in [0.4, 0.5) is 5.69 Å². The monoisotopic (exact) mass is 369 g/mol. The van der Waals surface area contributed by atoms with Gasteiger partial charge in [-0.25, -0.2) is 4.98 Å². The summed E-state index contributed by atoms with van der Waals surface area (Å²) in [6.45, 7) is 3.96. The molecular weight excluding hydrogens is 342 g/mol. The van der Waals surface area contributed by atoms with E-state index in [1.54, 1.807) is 36.8 Å². The van der Waals surface area contributed by atoms with E-state index in [-0.39, 0.29) is 17.9 Å². The van der Waals surface area contributed by atoms with E-state index in [1.165, 1.54) is 0 Å². The van der Waals surface area contributed by atoms with Gasteiger partial charge in [-0.1, -0.05) is 13.0 Å². The summed E-state index contributed by atoms with van der Waals surface area (Å²) in [4.78, 5) is 30.9. The molecule has 144 valence electrons. The lowest BCUT2D eigenvalue weighted by Gasteiger charge is -2.38. The van der Waals surface area contributed by atoms with Crippen LogP contribution < -0.4 is 11.1 Å². The first-order chi connectivity index (χ1) is 13.1. The molecule has 27 heavy (non-hydrogen) atoms. The topological polar surface area (TPSA) is 93.2 Å². The van der Waals surface area contributed by atoms with Crippen molar-refractivity contribution in [2.45, 2.75) is 38.8 Å². The Balaban J connectivity index is 1.62. The molecule has 7 heteroatoms. The third-order valence-corrected chi connectivity index (χ3v) is 5.06. The average Bonchev–Trinajstić information content (AvgIpc) is 3.19. The Morgan fingerprint density at radius 2 is 2.22 bits per heavy atom. The molecule has 0 bridgehead atoms. The minimum atomic E-state index is -0.0973. The highest BCUT2D eigenvalue weighted by Crippen LogP contribution is 2.24. The molecule has 2 atom stereocenters. The Hall–Kier alpha value is -2.67. The normalized spacial score (nSPS) is 19.7. The zero-order valence-electron chi connectivity index (χ0n) is 15.7. The minimum Gasteiger partial charge on any atom is -0.337 e. The van der Waals surface area contributed by atoms with Crippen molar-refractivity contribution in [3.8, 4) is 0 Å². The maximum absolute atomic E-state index is 12.9. The Labute approximate surface area is 159 Å². The van der Waals surface area contributed by atoms with Crippen molar-refractivity contribution in [2.75, 3.05) is 18.4 Å². The Kier molecular flexibility index (Phi) is 6.24. The molecule has 2 unspecified atom stereocenters. The third-order valence-electron chi connectivity index (χ3n) is 5.06. The van der Waals surface area contributed by atoms with Gasteiger partial charge in [-0.3, -0.25) is 9.59 Å². The predicted octanol–water partition coefficient (Wildman–Crippen LogP) is 2.11. The number of aryl methyl sites for hydroxylation is 1. The Morgan fingerprint density at radius 3 is 2.96 bits per heavy atom. The van der Waals surface area contributed by atoms with Gasteiger partial charge in [-0.05, 0) is 37.0 Å².